The zero-order valence-corrected chi connectivity index (χ0v) is 26.6. The maximum absolute atomic E-state index is 5.42. The van der Waals surface area contributed by atoms with Crippen molar-refractivity contribution in [1.82, 2.24) is 9.97 Å². The van der Waals surface area contributed by atoms with Crippen LogP contribution >= 0.6 is 0 Å². The van der Waals surface area contributed by atoms with Gasteiger partial charge in [-0.15, -0.1) is 0 Å². The first-order valence-corrected chi connectivity index (χ1v) is 15.0. The minimum Gasteiger partial charge on any atom is -0.493 e. The minimum atomic E-state index is 0.798. The fourth-order valence-electron chi connectivity index (χ4n) is 3.37. The van der Waals surface area contributed by atoms with Crippen LogP contribution in [0.15, 0.2) is 67.0 Å². The summed E-state index contributed by atoms with van der Waals surface area (Å²) in [6.07, 6.45) is 12.2. The fraction of sp³-hybridized carbons (Fsp3) is 0.500. The minimum absolute atomic E-state index is 0.798. The van der Waals surface area contributed by atoms with E-state index >= 15 is 0 Å². The lowest BCUT2D eigenvalue weighted by molar-refractivity contribution is 0.288. The van der Waals surface area contributed by atoms with Gasteiger partial charge in [0, 0.05) is 18.8 Å². The number of pyridine rings is 2. The third-order valence-electron chi connectivity index (χ3n) is 4.81. The normalized spacial score (nSPS) is 13.0. The van der Waals surface area contributed by atoms with Gasteiger partial charge in [-0.05, 0) is 78.5 Å². The molecule has 2 aromatic heterocycles. The van der Waals surface area contributed by atoms with Crippen molar-refractivity contribution in [2.75, 3.05) is 13.2 Å². The molecule has 0 N–H and O–H groups in total. The van der Waals surface area contributed by atoms with E-state index in [-0.39, 0.29) is 0 Å². The van der Waals surface area contributed by atoms with E-state index in [1.807, 2.05) is 36.5 Å². The molecule has 1 aromatic carbocycles. The first kappa shape index (κ1) is 34.9. The van der Waals surface area contributed by atoms with Crippen LogP contribution in [0.5, 0.6) is 11.5 Å². The quantitative estimate of drug-likeness (QED) is 0.281. The second kappa shape index (κ2) is 20.7. The SMILES string of the molecule is C1=Cc2ncccc2C1.CC(C)C.CC(C)C.CC(C)C.c1ccc2c(c1)CCCO2.c1cnc2c(c1)OCC2. The first-order valence-electron chi connectivity index (χ1n) is 15.0. The summed E-state index contributed by atoms with van der Waals surface area (Å²) in [6, 6.07) is 16.2. The lowest BCUT2D eigenvalue weighted by atomic mass is 10.1. The number of benzene rings is 1. The summed E-state index contributed by atoms with van der Waals surface area (Å²) in [6.45, 7) is 21.2. The van der Waals surface area contributed by atoms with E-state index in [2.05, 4.69) is 103 Å². The van der Waals surface area contributed by atoms with Gasteiger partial charge in [0.2, 0.25) is 0 Å². The molecule has 220 valence electrons. The summed E-state index contributed by atoms with van der Waals surface area (Å²) in [4.78, 5) is 8.31. The Kier molecular flexibility index (Phi) is 18.1. The zero-order chi connectivity index (χ0) is 29.8. The van der Waals surface area contributed by atoms with Crippen LogP contribution in [-0.2, 0) is 19.3 Å². The number of nitrogens with zero attached hydrogens (tertiary/aromatic N) is 2. The number of hydrogen-bond acceptors (Lipinski definition) is 4. The number of fused-ring (bicyclic) bond motifs is 3. The molecule has 2 aliphatic heterocycles. The Labute approximate surface area is 245 Å². The monoisotopic (exact) mass is 546 g/mol. The molecular formula is C36H54N2O2. The number of rotatable bonds is 0. The van der Waals surface area contributed by atoms with Crippen LogP contribution in [0, 0.1) is 17.8 Å². The van der Waals surface area contributed by atoms with Gasteiger partial charge in [0.05, 0.1) is 24.6 Å². The first-order chi connectivity index (χ1) is 19.1. The van der Waals surface area contributed by atoms with Crippen LogP contribution in [0.1, 0.15) is 91.2 Å². The van der Waals surface area contributed by atoms with E-state index in [1.54, 1.807) is 6.20 Å². The molecule has 0 saturated heterocycles. The molecule has 0 fully saturated rings. The smallest absolute Gasteiger partial charge is 0.140 e. The van der Waals surface area contributed by atoms with E-state index in [4.69, 9.17) is 9.47 Å². The Morgan fingerprint density at radius 3 is 1.77 bits per heavy atom. The molecule has 0 atom stereocenters. The molecule has 4 heterocycles. The van der Waals surface area contributed by atoms with Gasteiger partial charge in [-0.25, -0.2) is 0 Å². The number of hydrogen-bond donors (Lipinski definition) is 0. The molecule has 0 spiro atoms. The molecule has 3 aliphatic rings. The third kappa shape index (κ3) is 16.7. The topological polar surface area (TPSA) is 44.2 Å². The van der Waals surface area contributed by atoms with Crippen molar-refractivity contribution in [2.24, 2.45) is 17.8 Å². The summed E-state index contributed by atoms with van der Waals surface area (Å²) < 4.78 is 10.7. The van der Waals surface area contributed by atoms with Gasteiger partial charge >= 0.3 is 0 Å². The molecule has 4 nitrogen and oxygen atoms in total. The van der Waals surface area contributed by atoms with Gasteiger partial charge in [-0.1, -0.05) is 92.7 Å². The molecule has 0 amide bonds. The van der Waals surface area contributed by atoms with E-state index in [0.717, 1.165) is 73.1 Å². The van der Waals surface area contributed by atoms with Gasteiger partial charge in [0.1, 0.15) is 11.5 Å². The van der Waals surface area contributed by atoms with Gasteiger partial charge in [0.25, 0.3) is 0 Å². The predicted molar refractivity (Wildman–Crippen MR) is 172 cm³/mol. The van der Waals surface area contributed by atoms with Gasteiger partial charge in [0.15, 0.2) is 0 Å². The van der Waals surface area contributed by atoms with Crippen LogP contribution in [0.25, 0.3) is 6.08 Å². The van der Waals surface area contributed by atoms with E-state index in [0.29, 0.717) is 0 Å². The van der Waals surface area contributed by atoms with E-state index < -0.39 is 0 Å². The fourth-order valence-corrected chi connectivity index (χ4v) is 3.37. The highest BCUT2D eigenvalue weighted by Gasteiger charge is 2.10. The molecule has 0 bridgehead atoms. The Balaban J connectivity index is 0.000000252. The third-order valence-corrected chi connectivity index (χ3v) is 4.81. The predicted octanol–water partition coefficient (Wildman–Crippen LogP) is 9.67. The van der Waals surface area contributed by atoms with Crippen molar-refractivity contribution in [1.29, 1.82) is 0 Å². The number of ether oxygens (including phenoxy) is 2. The molecular weight excluding hydrogens is 492 g/mol. The Bertz CT molecular complexity index is 1010. The van der Waals surface area contributed by atoms with Crippen LogP contribution in [-0.4, -0.2) is 23.2 Å². The highest BCUT2D eigenvalue weighted by atomic mass is 16.5. The number of para-hydroxylation sites is 1. The lowest BCUT2D eigenvalue weighted by Gasteiger charge is -2.15. The van der Waals surface area contributed by atoms with Crippen molar-refractivity contribution >= 4 is 6.08 Å². The lowest BCUT2D eigenvalue weighted by Crippen LogP contribution is -2.07. The maximum Gasteiger partial charge on any atom is 0.140 e. The van der Waals surface area contributed by atoms with Gasteiger partial charge in [-0.2, -0.15) is 0 Å². The van der Waals surface area contributed by atoms with Crippen molar-refractivity contribution in [2.45, 2.75) is 88.0 Å². The second-order valence-corrected chi connectivity index (χ2v) is 12.0. The summed E-state index contributed by atoms with van der Waals surface area (Å²) in [7, 11) is 0. The van der Waals surface area contributed by atoms with Crippen LogP contribution < -0.4 is 9.47 Å². The number of allylic oxidation sites excluding steroid dienone is 1. The van der Waals surface area contributed by atoms with Gasteiger partial charge in [-0.3, -0.25) is 9.97 Å². The zero-order valence-electron chi connectivity index (χ0n) is 26.6. The molecule has 0 unspecified atom stereocenters. The van der Waals surface area contributed by atoms with Crippen LogP contribution in [0.4, 0.5) is 0 Å². The number of aromatic nitrogens is 2. The Morgan fingerprint density at radius 1 is 0.600 bits per heavy atom. The molecule has 4 heteroatoms. The molecule has 0 radical (unpaired) electrons. The largest absolute Gasteiger partial charge is 0.493 e. The average molecular weight is 547 g/mol. The summed E-state index contributed by atoms with van der Waals surface area (Å²) >= 11 is 0. The summed E-state index contributed by atoms with van der Waals surface area (Å²) in [5.41, 5.74) is 4.93. The molecule has 1 aliphatic carbocycles. The van der Waals surface area contributed by atoms with E-state index in [1.165, 1.54) is 17.5 Å². The van der Waals surface area contributed by atoms with Crippen LogP contribution in [0.3, 0.4) is 0 Å². The molecule has 0 saturated carbocycles. The van der Waals surface area contributed by atoms with Crippen molar-refractivity contribution in [3.63, 3.8) is 0 Å². The molecule has 40 heavy (non-hydrogen) atoms. The van der Waals surface area contributed by atoms with Gasteiger partial charge < -0.3 is 9.47 Å². The average Bonchev–Trinajstić information content (AvgIpc) is 3.58. The Morgan fingerprint density at radius 2 is 1.15 bits per heavy atom. The van der Waals surface area contributed by atoms with Crippen LogP contribution in [0.2, 0.25) is 0 Å². The van der Waals surface area contributed by atoms with Crippen molar-refractivity contribution < 1.29 is 9.47 Å². The maximum atomic E-state index is 5.42. The summed E-state index contributed by atoms with van der Waals surface area (Å²) in [5, 5.41) is 0. The Hall–Kier alpha value is -3.14. The number of aryl methyl sites for hydroxylation is 1. The molecule has 3 aromatic rings. The highest BCUT2D eigenvalue weighted by Crippen LogP contribution is 2.23. The standard InChI is InChI=1S/C9H10O.C8H7N.C7H7NO.3C4H10/c1-2-6-9-8(4-1)5-3-7-10-9;1-3-7-4-2-6-9-8(7)5-1;1-2-7-6(8-4-1)3-5-9-7;3*1-4(2)3/h1-2,4,6H,3,5,7H2;1-2,4-6H,3H2;1-2,4H,3,5H2;3*4H,1-3H3. The van der Waals surface area contributed by atoms with E-state index in [9.17, 15) is 0 Å². The van der Waals surface area contributed by atoms with Crippen molar-refractivity contribution in [3.05, 3.63) is 89.5 Å². The highest BCUT2D eigenvalue weighted by molar-refractivity contribution is 5.55. The second-order valence-electron chi connectivity index (χ2n) is 12.0. The summed E-state index contributed by atoms with van der Waals surface area (Å²) in [5.74, 6) is 4.53. The molecule has 6 rings (SSSR count). The van der Waals surface area contributed by atoms with Crippen molar-refractivity contribution in [3.8, 4) is 11.5 Å².